The summed E-state index contributed by atoms with van der Waals surface area (Å²) in [5.74, 6) is 0.0545. The third-order valence-corrected chi connectivity index (χ3v) is 5.79. The van der Waals surface area contributed by atoms with Crippen LogP contribution in [0, 0.1) is 6.92 Å². The zero-order chi connectivity index (χ0) is 16.9. The van der Waals surface area contributed by atoms with Crippen molar-refractivity contribution in [2.24, 2.45) is 0 Å². The number of amides is 1. The van der Waals surface area contributed by atoms with Gasteiger partial charge in [-0.15, -0.1) is 0 Å². The Hall–Kier alpha value is -1.40. The fourth-order valence-electron chi connectivity index (χ4n) is 2.29. The fraction of sp³-hybridized carbons (Fsp3) is 0.316. The van der Waals surface area contributed by atoms with Crippen LogP contribution in [-0.4, -0.2) is 35.2 Å². The number of hydrogen-bond acceptors (Lipinski definition) is 1. The maximum absolute atomic E-state index is 13.1. The molecular formula is C19H24IN2O+. The lowest BCUT2D eigenvalue weighted by Crippen LogP contribution is -2.52. The molecule has 0 fully saturated rings. The molecule has 2 aromatic carbocycles. The Labute approximate surface area is 152 Å². The molecule has 1 atom stereocenters. The summed E-state index contributed by atoms with van der Waals surface area (Å²) in [6.45, 7) is 5.84. The molecule has 0 aliphatic heterocycles. The Morgan fingerprint density at radius 2 is 1.70 bits per heavy atom. The predicted molar refractivity (Wildman–Crippen MR) is 105 cm³/mol. The van der Waals surface area contributed by atoms with Gasteiger partial charge in [-0.05, 0) is 60.7 Å². The van der Waals surface area contributed by atoms with Crippen LogP contribution in [0.1, 0.15) is 22.8 Å². The van der Waals surface area contributed by atoms with E-state index in [1.165, 1.54) is 0 Å². The standard InChI is InChI=1S/C19H24IN2O/c1-4-22(3,14-20)15-21(18-8-6-5-7-9-18)19(23)17-12-10-16(2)11-13-17/h5-13H,4,14-15H2,1-3H3/q+1. The highest BCUT2D eigenvalue weighted by Gasteiger charge is 2.27. The van der Waals surface area contributed by atoms with Crippen molar-refractivity contribution in [2.45, 2.75) is 13.8 Å². The topological polar surface area (TPSA) is 20.3 Å². The number of benzene rings is 2. The number of rotatable bonds is 6. The molecule has 0 saturated carbocycles. The summed E-state index contributed by atoms with van der Waals surface area (Å²) in [5, 5.41) is 0. The Morgan fingerprint density at radius 3 is 2.22 bits per heavy atom. The number of anilines is 1. The molecule has 0 bridgehead atoms. The fourth-order valence-corrected chi connectivity index (χ4v) is 2.98. The highest BCUT2D eigenvalue weighted by Crippen LogP contribution is 2.20. The molecule has 122 valence electrons. The van der Waals surface area contributed by atoms with Crippen LogP contribution < -0.4 is 4.90 Å². The first-order chi connectivity index (χ1) is 11.0. The Bertz CT molecular complexity index is 636. The van der Waals surface area contributed by atoms with Gasteiger partial charge in [-0.2, -0.15) is 0 Å². The van der Waals surface area contributed by atoms with E-state index in [1.54, 1.807) is 0 Å². The van der Waals surface area contributed by atoms with E-state index in [4.69, 9.17) is 0 Å². The molecule has 2 rings (SSSR count). The minimum Gasteiger partial charge on any atom is -0.301 e. The molecule has 0 aliphatic carbocycles. The highest BCUT2D eigenvalue weighted by atomic mass is 127. The second-order valence-corrected chi connectivity index (χ2v) is 6.81. The van der Waals surface area contributed by atoms with Crippen LogP contribution in [-0.2, 0) is 0 Å². The number of nitrogens with zero attached hydrogens (tertiary/aromatic N) is 2. The summed E-state index contributed by atoms with van der Waals surface area (Å²) in [7, 11) is 2.19. The van der Waals surface area contributed by atoms with Gasteiger partial charge >= 0.3 is 0 Å². The van der Waals surface area contributed by atoms with E-state index in [-0.39, 0.29) is 5.91 Å². The number of para-hydroxylation sites is 1. The van der Waals surface area contributed by atoms with Gasteiger partial charge in [0.05, 0.1) is 13.6 Å². The summed E-state index contributed by atoms with van der Waals surface area (Å²) in [5.41, 5.74) is 2.84. The van der Waals surface area contributed by atoms with E-state index < -0.39 is 0 Å². The van der Waals surface area contributed by atoms with Crippen molar-refractivity contribution in [2.75, 3.05) is 29.7 Å². The quantitative estimate of drug-likeness (QED) is 0.221. The summed E-state index contributed by atoms with van der Waals surface area (Å²) >= 11 is 2.40. The van der Waals surface area contributed by atoms with Crippen molar-refractivity contribution in [3.63, 3.8) is 0 Å². The Kier molecular flexibility index (Phi) is 6.18. The van der Waals surface area contributed by atoms with Crippen molar-refractivity contribution in [3.8, 4) is 0 Å². The van der Waals surface area contributed by atoms with Gasteiger partial charge in [0, 0.05) is 11.3 Å². The van der Waals surface area contributed by atoms with Gasteiger partial charge in [-0.3, -0.25) is 9.69 Å². The smallest absolute Gasteiger partial charge is 0.262 e. The molecule has 0 saturated heterocycles. The van der Waals surface area contributed by atoms with Crippen LogP contribution in [0.15, 0.2) is 54.6 Å². The number of carbonyl (C=O) groups excluding carboxylic acids is 1. The molecule has 0 radical (unpaired) electrons. The number of halogens is 1. The lowest BCUT2D eigenvalue weighted by atomic mass is 10.1. The summed E-state index contributed by atoms with van der Waals surface area (Å²) < 4.78 is 1.77. The molecule has 0 spiro atoms. The number of quaternary nitrogens is 1. The molecule has 4 heteroatoms. The van der Waals surface area contributed by atoms with E-state index in [1.807, 2.05) is 66.4 Å². The SMILES string of the molecule is CC[N+](C)(CI)CN(C(=O)c1ccc(C)cc1)c1ccccc1. The molecule has 0 aliphatic rings. The molecule has 0 aromatic heterocycles. The average molecular weight is 423 g/mol. The third-order valence-electron chi connectivity index (χ3n) is 4.15. The van der Waals surface area contributed by atoms with Gasteiger partial charge in [0.25, 0.3) is 5.91 Å². The highest BCUT2D eigenvalue weighted by molar-refractivity contribution is 14.1. The van der Waals surface area contributed by atoms with Crippen molar-refractivity contribution >= 4 is 34.2 Å². The second-order valence-electron chi connectivity index (χ2n) is 6.13. The Morgan fingerprint density at radius 1 is 1.09 bits per heavy atom. The molecule has 2 aromatic rings. The first-order valence-corrected chi connectivity index (χ1v) is 9.35. The molecule has 0 N–H and O–H groups in total. The molecule has 1 unspecified atom stereocenters. The zero-order valence-electron chi connectivity index (χ0n) is 14.0. The zero-order valence-corrected chi connectivity index (χ0v) is 16.2. The summed E-state index contributed by atoms with van der Waals surface area (Å²) in [6, 6.07) is 17.7. The number of alkyl halides is 1. The van der Waals surface area contributed by atoms with Crippen molar-refractivity contribution in [1.29, 1.82) is 0 Å². The molecular weight excluding hydrogens is 399 g/mol. The lowest BCUT2D eigenvalue weighted by Gasteiger charge is -2.36. The van der Waals surface area contributed by atoms with E-state index in [0.717, 1.165) is 32.4 Å². The van der Waals surface area contributed by atoms with Crippen LogP contribution in [0.5, 0.6) is 0 Å². The molecule has 3 nitrogen and oxygen atoms in total. The molecule has 23 heavy (non-hydrogen) atoms. The normalized spacial score (nSPS) is 13.4. The van der Waals surface area contributed by atoms with Crippen LogP contribution in [0.25, 0.3) is 0 Å². The third kappa shape index (κ3) is 4.54. The predicted octanol–water partition coefficient (Wildman–Crippen LogP) is 4.46. The average Bonchev–Trinajstić information content (AvgIpc) is 2.60. The van der Waals surface area contributed by atoms with E-state index in [2.05, 4.69) is 36.6 Å². The maximum Gasteiger partial charge on any atom is 0.262 e. The van der Waals surface area contributed by atoms with Crippen molar-refractivity contribution in [1.82, 2.24) is 0 Å². The maximum atomic E-state index is 13.1. The minimum atomic E-state index is 0.0545. The number of carbonyl (C=O) groups is 1. The van der Waals surface area contributed by atoms with Gasteiger partial charge in [0.15, 0.2) is 6.67 Å². The van der Waals surface area contributed by atoms with Crippen molar-refractivity contribution < 1.29 is 9.28 Å². The van der Waals surface area contributed by atoms with Crippen LogP contribution >= 0.6 is 22.6 Å². The molecule has 0 heterocycles. The first kappa shape index (κ1) is 17.9. The van der Waals surface area contributed by atoms with E-state index in [0.29, 0.717) is 6.67 Å². The monoisotopic (exact) mass is 423 g/mol. The van der Waals surface area contributed by atoms with Crippen LogP contribution in [0.2, 0.25) is 0 Å². The van der Waals surface area contributed by atoms with Crippen LogP contribution in [0.4, 0.5) is 5.69 Å². The minimum absolute atomic E-state index is 0.0545. The number of hydrogen-bond donors (Lipinski definition) is 0. The molecule has 1 amide bonds. The Balaban J connectivity index is 2.37. The van der Waals surface area contributed by atoms with E-state index >= 15 is 0 Å². The summed E-state index contributed by atoms with van der Waals surface area (Å²) in [6.07, 6.45) is 0. The van der Waals surface area contributed by atoms with Gasteiger partial charge in [0.2, 0.25) is 0 Å². The lowest BCUT2D eigenvalue weighted by molar-refractivity contribution is -0.891. The second kappa shape index (κ2) is 7.93. The number of aryl methyl sites for hydroxylation is 1. The van der Waals surface area contributed by atoms with E-state index in [9.17, 15) is 4.79 Å². The summed E-state index contributed by atoms with van der Waals surface area (Å²) in [4.78, 5) is 15.0. The van der Waals surface area contributed by atoms with Crippen molar-refractivity contribution in [3.05, 3.63) is 65.7 Å². The first-order valence-electron chi connectivity index (χ1n) is 7.82. The van der Waals surface area contributed by atoms with Crippen LogP contribution in [0.3, 0.4) is 0 Å². The van der Waals surface area contributed by atoms with Gasteiger partial charge < -0.3 is 4.48 Å². The van der Waals surface area contributed by atoms with Gasteiger partial charge in [0.1, 0.15) is 4.55 Å². The van der Waals surface area contributed by atoms with Gasteiger partial charge in [-0.25, -0.2) is 0 Å². The largest absolute Gasteiger partial charge is 0.301 e. The van der Waals surface area contributed by atoms with Gasteiger partial charge in [-0.1, -0.05) is 35.9 Å².